The van der Waals surface area contributed by atoms with Crippen molar-refractivity contribution in [1.82, 2.24) is 5.32 Å². The van der Waals surface area contributed by atoms with Crippen molar-refractivity contribution < 1.29 is 32.9 Å². The smallest absolute Gasteiger partial charge is 0.387 e. The minimum Gasteiger partial charge on any atom is -0.387 e. The molecular weight excluding hydrogens is 936 g/mol. The Labute approximate surface area is 461 Å². The highest BCUT2D eigenvalue weighted by atomic mass is 31.2. The van der Waals surface area contributed by atoms with Crippen LogP contribution in [0, 0.1) is 0 Å². The molecule has 3 unspecified atom stereocenters. The Kier molecular flexibility index (Phi) is 55.5. The van der Waals surface area contributed by atoms with E-state index in [2.05, 4.69) is 43.5 Å². The molecule has 1 amide bonds. The second-order valence-electron chi connectivity index (χ2n) is 23.5. The summed E-state index contributed by atoms with van der Waals surface area (Å²) in [6, 6.07) is -0.847. The zero-order valence-corrected chi connectivity index (χ0v) is 51.0. The molecule has 0 rings (SSSR count). The van der Waals surface area contributed by atoms with Crippen LogP contribution in [0.25, 0.3) is 0 Å². The Morgan fingerprint density at radius 2 is 0.770 bits per heavy atom. The minimum absolute atomic E-state index is 0.0628. The van der Waals surface area contributed by atoms with Crippen LogP contribution in [0.5, 0.6) is 0 Å². The van der Waals surface area contributed by atoms with Gasteiger partial charge in [0, 0.05) is 6.42 Å². The molecule has 0 fully saturated rings. The van der Waals surface area contributed by atoms with E-state index >= 15 is 0 Å². The van der Waals surface area contributed by atoms with Crippen molar-refractivity contribution in [1.29, 1.82) is 0 Å². The number of aliphatic hydroxyl groups excluding tert-OH is 1. The molecule has 0 aliphatic carbocycles. The molecule has 74 heavy (non-hydrogen) atoms. The highest BCUT2D eigenvalue weighted by Gasteiger charge is 2.28. The van der Waals surface area contributed by atoms with Gasteiger partial charge in [-0.3, -0.25) is 13.8 Å². The number of aliphatic hydroxyl groups is 1. The number of carbonyl (C=O) groups is 1. The average Bonchev–Trinajstić information content (AvgIpc) is 3.36. The second-order valence-corrected chi connectivity index (χ2v) is 24.9. The average molecular weight is 1060 g/mol. The minimum atomic E-state index is -4.35. The van der Waals surface area contributed by atoms with Gasteiger partial charge in [0.25, 0.3) is 0 Å². The van der Waals surface area contributed by atoms with Crippen molar-refractivity contribution in [2.24, 2.45) is 0 Å². The predicted molar refractivity (Wildman–Crippen MR) is 323 cm³/mol. The maximum absolute atomic E-state index is 13.0. The van der Waals surface area contributed by atoms with Crippen molar-refractivity contribution >= 4 is 13.7 Å². The molecular formula is C65H128N2O6P+. The van der Waals surface area contributed by atoms with E-state index in [1.807, 2.05) is 27.2 Å². The summed E-state index contributed by atoms with van der Waals surface area (Å²) in [6.07, 6.45) is 74.1. The topological polar surface area (TPSA) is 105 Å². The van der Waals surface area contributed by atoms with Crippen LogP contribution in [-0.4, -0.2) is 73.4 Å². The number of likely N-dealkylation sites (N-methyl/N-ethyl adjacent to an activating group) is 1. The molecule has 0 saturated carbocycles. The molecule has 3 N–H and O–H groups in total. The molecule has 0 heterocycles. The Hall–Kier alpha value is -1.28. The van der Waals surface area contributed by atoms with Crippen molar-refractivity contribution in [3.05, 3.63) is 36.5 Å². The number of phosphoric acid groups is 1. The van der Waals surface area contributed by atoms with Crippen LogP contribution in [0.1, 0.15) is 322 Å². The summed E-state index contributed by atoms with van der Waals surface area (Å²) in [7, 11) is 1.58. The number of amides is 1. The third-order valence-corrected chi connectivity index (χ3v) is 15.8. The molecule has 0 aromatic heterocycles. The number of allylic oxidation sites excluding steroid dienone is 5. The number of hydrogen-bond acceptors (Lipinski definition) is 5. The summed E-state index contributed by atoms with van der Waals surface area (Å²) in [5, 5.41) is 14.0. The van der Waals surface area contributed by atoms with Gasteiger partial charge < -0.3 is 19.8 Å². The maximum Gasteiger partial charge on any atom is 0.472 e. The Bertz CT molecular complexity index is 1300. The summed E-state index contributed by atoms with van der Waals surface area (Å²) < 4.78 is 23.8. The number of hydrogen-bond donors (Lipinski definition) is 3. The molecule has 0 aliphatic heterocycles. The molecule has 0 bridgehead atoms. The predicted octanol–water partition coefficient (Wildman–Crippen LogP) is 20.1. The summed E-state index contributed by atoms with van der Waals surface area (Å²) >= 11 is 0. The van der Waals surface area contributed by atoms with E-state index < -0.39 is 20.0 Å². The normalized spacial score (nSPS) is 14.0. The summed E-state index contributed by atoms with van der Waals surface area (Å²) in [5.74, 6) is -0.172. The number of nitrogens with one attached hydrogen (secondary N) is 1. The van der Waals surface area contributed by atoms with Gasteiger partial charge in [0.15, 0.2) is 0 Å². The van der Waals surface area contributed by atoms with E-state index in [-0.39, 0.29) is 19.1 Å². The number of phosphoric ester groups is 1. The Balaban J connectivity index is 4.09. The van der Waals surface area contributed by atoms with Gasteiger partial charge in [0.05, 0.1) is 39.9 Å². The standard InChI is InChI=1S/C65H127N2O6P/c1-6-8-10-12-14-16-18-20-22-24-26-28-29-30-31-32-33-34-35-36-37-39-41-43-45-47-49-51-53-55-57-59-65(69)66-63(62-73-74(70,71)72-61-60-67(3,4)5)64(68)58-56-54-52-50-48-46-44-42-40-38-27-25-23-21-19-17-15-13-11-9-7-2/h26,28,30-31,56,58,63-64,68H,6-25,27,29,32-55,57,59-62H2,1-5H3,(H-,66,69,70,71)/p+1/b28-26-,31-30-,58-56+. The Morgan fingerprint density at radius 1 is 0.459 bits per heavy atom. The molecule has 3 atom stereocenters. The first-order valence-corrected chi connectivity index (χ1v) is 33.9. The number of rotatable bonds is 60. The van der Waals surface area contributed by atoms with Crippen LogP contribution < -0.4 is 5.32 Å². The third kappa shape index (κ3) is 58.4. The fourth-order valence-electron chi connectivity index (χ4n) is 9.78. The quantitative estimate of drug-likeness (QED) is 0.0243. The summed E-state index contributed by atoms with van der Waals surface area (Å²) in [4.78, 5) is 23.4. The van der Waals surface area contributed by atoms with E-state index in [0.717, 1.165) is 44.9 Å². The van der Waals surface area contributed by atoms with Gasteiger partial charge in [-0.05, 0) is 51.4 Å². The van der Waals surface area contributed by atoms with E-state index in [4.69, 9.17) is 9.05 Å². The zero-order chi connectivity index (χ0) is 54.2. The zero-order valence-electron chi connectivity index (χ0n) is 50.1. The van der Waals surface area contributed by atoms with Gasteiger partial charge in [-0.1, -0.05) is 301 Å². The van der Waals surface area contributed by atoms with Crippen LogP contribution in [0.2, 0.25) is 0 Å². The van der Waals surface area contributed by atoms with Gasteiger partial charge >= 0.3 is 7.82 Å². The van der Waals surface area contributed by atoms with E-state index in [9.17, 15) is 19.4 Å². The third-order valence-electron chi connectivity index (χ3n) is 14.9. The molecule has 0 aromatic carbocycles. The SMILES string of the molecule is CCCCCCCCCCC/C=C\C/C=C\CCCCCCCCCCCCCCCCCC(=O)NC(COP(=O)(O)OCC[N+](C)(C)C)C(O)/C=C/CCCCCCCCCCCCCCCCCCCCC. The lowest BCUT2D eigenvalue weighted by molar-refractivity contribution is -0.870. The van der Waals surface area contributed by atoms with Gasteiger partial charge in [-0.2, -0.15) is 0 Å². The largest absolute Gasteiger partial charge is 0.472 e. The first-order valence-electron chi connectivity index (χ1n) is 32.4. The van der Waals surface area contributed by atoms with E-state index in [1.54, 1.807) is 6.08 Å². The van der Waals surface area contributed by atoms with Crippen LogP contribution in [-0.2, 0) is 18.4 Å². The van der Waals surface area contributed by atoms with Crippen molar-refractivity contribution in [3.8, 4) is 0 Å². The number of nitrogens with zero attached hydrogens (tertiary/aromatic N) is 1. The number of unbranched alkanes of at least 4 members (excludes halogenated alkanes) is 43. The van der Waals surface area contributed by atoms with Gasteiger partial charge in [-0.25, -0.2) is 4.57 Å². The van der Waals surface area contributed by atoms with Crippen molar-refractivity contribution in [2.45, 2.75) is 334 Å². The molecule has 8 nitrogen and oxygen atoms in total. The van der Waals surface area contributed by atoms with Crippen LogP contribution in [0.4, 0.5) is 0 Å². The van der Waals surface area contributed by atoms with Crippen LogP contribution in [0.3, 0.4) is 0 Å². The lowest BCUT2D eigenvalue weighted by atomic mass is 10.0. The summed E-state index contributed by atoms with van der Waals surface area (Å²) in [5.41, 5.74) is 0. The number of quaternary nitrogens is 1. The fourth-order valence-corrected chi connectivity index (χ4v) is 10.5. The maximum atomic E-state index is 13.0. The van der Waals surface area contributed by atoms with Crippen LogP contribution in [0.15, 0.2) is 36.5 Å². The van der Waals surface area contributed by atoms with E-state index in [1.165, 1.54) is 257 Å². The van der Waals surface area contributed by atoms with Crippen LogP contribution >= 0.6 is 7.82 Å². The second kappa shape index (κ2) is 56.4. The molecule has 438 valence electrons. The van der Waals surface area contributed by atoms with Crippen molar-refractivity contribution in [3.63, 3.8) is 0 Å². The van der Waals surface area contributed by atoms with Gasteiger partial charge in [0.1, 0.15) is 13.2 Å². The van der Waals surface area contributed by atoms with Gasteiger partial charge in [0.2, 0.25) is 5.91 Å². The first kappa shape index (κ1) is 72.7. The molecule has 0 radical (unpaired) electrons. The first-order chi connectivity index (χ1) is 36.0. The lowest BCUT2D eigenvalue weighted by Gasteiger charge is -2.25. The Morgan fingerprint density at radius 3 is 1.11 bits per heavy atom. The van der Waals surface area contributed by atoms with Crippen molar-refractivity contribution in [2.75, 3.05) is 40.9 Å². The van der Waals surface area contributed by atoms with Gasteiger partial charge in [-0.15, -0.1) is 0 Å². The molecule has 0 spiro atoms. The molecule has 0 aromatic rings. The lowest BCUT2D eigenvalue weighted by Crippen LogP contribution is -2.45. The highest BCUT2D eigenvalue weighted by molar-refractivity contribution is 7.47. The summed E-state index contributed by atoms with van der Waals surface area (Å²) in [6.45, 7) is 4.86. The monoisotopic (exact) mass is 1060 g/mol. The fraction of sp³-hybridized carbons (Fsp3) is 0.892. The number of carbonyl (C=O) groups excluding carboxylic acids is 1. The molecule has 9 heteroatoms. The molecule has 0 saturated heterocycles. The van der Waals surface area contributed by atoms with E-state index in [0.29, 0.717) is 17.4 Å². The highest BCUT2D eigenvalue weighted by Crippen LogP contribution is 2.43. The molecule has 0 aliphatic rings.